The van der Waals surface area contributed by atoms with Gasteiger partial charge in [-0.1, -0.05) is 12.1 Å². The summed E-state index contributed by atoms with van der Waals surface area (Å²) >= 11 is 1.43. The number of methoxy groups -OCH3 is 1. The Labute approximate surface area is 150 Å². The molecule has 0 saturated carbocycles. The summed E-state index contributed by atoms with van der Waals surface area (Å²) in [6.07, 6.45) is -4.99. The molecule has 1 aliphatic heterocycles. The molecule has 3 rings (SSSR count). The lowest BCUT2D eigenvalue weighted by Gasteiger charge is -2.19. The third-order valence-corrected chi connectivity index (χ3v) is 4.65. The van der Waals surface area contributed by atoms with E-state index >= 15 is 0 Å². The highest BCUT2D eigenvalue weighted by molar-refractivity contribution is 8.00. The molecule has 26 heavy (non-hydrogen) atoms. The Bertz CT molecular complexity index is 909. The standard InChI is InChI=1S/C17H11F3N2O3S/c1-24-15-11(8-21)6-10(7-13(15)25-17(18,19)20)16(23)22-9-26-14-5-3-2-4-12(14)22/h2-7H,9H2,1H3. The van der Waals surface area contributed by atoms with Gasteiger partial charge in [-0.25, -0.2) is 0 Å². The fourth-order valence-electron chi connectivity index (χ4n) is 2.55. The summed E-state index contributed by atoms with van der Waals surface area (Å²) in [6, 6.07) is 11.0. The molecule has 0 aromatic heterocycles. The molecule has 0 N–H and O–H groups in total. The van der Waals surface area contributed by atoms with Gasteiger partial charge in [0.2, 0.25) is 0 Å². The van der Waals surface area contributed by atoms with Gasteiger partial charge in [-0.05, 0) is 24.3 Å². The van der Waals surface area contributed by atoms with Gasteiger partial charge in [-0.3, -0.25) is 9.69 Å². The maximum Gasteiger partial charge on any atom is 0.573 e. The van der Waals surface area contributed by atoms with E-state index in [1.54, 1.807) is 18.2 Å². The lowest BCUT2D eigenvalue weighted by Crippen LogP contribution is -2.28. The number of hydrogen-bond acceptors (Lipinski definition) is 5. The molecule has 9 heteroatoms. The number of amides is 1. The molecular weight excluding hydrogens is 369 g/mol. The van der Waals surface area contributed by atoms with Crippen LogP contribution in [0.15, 0.2) is 41.3 Å². The largest absolute Gasteiger partial charge is 0.573 e. The SMILES string of the molecule is COc1c(C#N)cc(C(=O)N2CSc3ccccc32)cc1OC(F)(F)F. The maximum absolute atomic E-state index is 12.8. The van der Waals surface area contributed by atoms with Gasteiger partial charge in [0.15, 0.2) is 11.5 Å². The number of nitriles is 1. The van der Waals surface area contributed by atoms with Crippen LogP contribution in [0.25, 0.3) is 0 Å². The van der Waals surface area contributed by atoms with Crippen LogP contribution in [-0.2, 0) is 0 Å². The smallest absolute Gasteiger partial charge is 0.492 e. The minimum Gasteiger partial charge on any atom is -0.492 e. The Morgan fingerprint density at radius 3 is 2.69 bits per heavy atom. The Morgan fingerprint density at radius 2 is 2.04 bits per heavy atom. The van der Waals surface area contributed by atoms with Crippen LogP contribution in [-0.4, -0.2) is 25.3 Å². The highest BCUT2D eigenvalue weighted by Crippen LogP contribution is 2.40. The molecule has 0 aliphatic carbocycles. The second-order valence-electron chi connectivity index (χ2n) is 5.19. The summed E-state index contributed by atoms with van der Waals surface area (Å²) in [7, 11) is 1.12. The molecule has 1 heterocycles. The van der Waals surface area contributed by atoms with Crippen molar-refractivity contribution in [2.24, 2.45) is 0 Å². The molecule has 0 unspecified atom stereocenters. The van der Waals surface area contributed by atoms with E-state index in [1.165, 1.54) is 22.7 Å². The van der Waals surface area contributed by atoms with Gasteiger partial charge in [0.1, 0.15) is 6.07 Å². The Balaban J connectivity index is 2.04. The van der Waals surface area contributed by atoms with E-state index < -0.39 is 18.0 Å². The molecular formula is C17H11F3N2O3S. The van der Waals surface area contributed by atoms with Gasteiger partial charge in [0, 0.05) is 10.5 Å². The van der Waals surface area contributed by atoms with Crippen LogP contribution in [0.4, 0.5) is 18.9 Å². The number of alkyl halides is 3. The molecule has 0 atom stereocenters. The van der Waals surface area contributed by atoms with Crippen molar-refractivity contribution in [3.63, 3.8) is 0 Å². The van der Waals surface area contributed by atoms with E-state index in [2.05, 4.69) is 4.74 Å². The van der Waals surface area contributed by atoms with Crippen LogP contribution < -0.4 is 14.4 Å². The molecule has 0 fully saturated rings. The first-order chi connectivity index (χ1) is 12.3. The number of anilines is 1. The van der Waals surface area contributed by atoms with Crippen LogP contribution in [0.3, 0.4) is 0 Å². The van der Waals surface area contributed by atoms with Crippen molar-refractivity contribution in [2.45, 2.75) is 11.3 Å². The number of ether oxygens (including phenoxy) is 2. The number of hydrogen-bond donors (Lipinski definition) is 0. The lowest BCUT2D eigenvalue weighted by atomic mass is 10.1. The van der Waals surface area contributed by atoms with Crippen LogP contribution in [0.1, 0.15) is 15.9 Å². The van der Waals surface area contributed by atoms with Gasteiger partial charge in [0.25, 0.3) is 5.91 Å². The summed E-state index contributed by atoms with van der Waals surface area (Å²) in [5, 5.41) is 9.21. The lowest BCUT2D eigenvalue weighted by molar-refractivity contribution is -0.275. The predicted molar refractivity (Wildman–Crippen MR) is 88.4 cm³/mol. The predicted octanol–water partition coefficient (Wildman–Crippen LogP) is 4.18. The topological polar surface area (TPSA) is 62.6 Å². The van der Waals surface area contributed by atoms with Crippen molar-refractivity contribution in [1.82, 2.24) is 0 Å². The van der Waals surface area contributed by atoms with Crippen LogP contribution in [0.2, 0.25) is 0 Å². The third kappa shape index (κ3) is 3.41. The van der Waals surface area contributed by atoms with Gasteiger partial charge >= 0.3 is 6.36 Å². The average molecular weight is 380 g/mol. The molecule has 0 radical (unpaired) electrons. The first-order valence-electron chi connectivity index (χ1n) is 7.25. The Hall–Kier alpha value is -2.86. The fourth-order valence-corrected chi connectivity index (χ4v) is 3.57. The number of carbonyl (C=O) groups is 1. The van der Waals surface area contributed by atoms with Gasteiger partial charge in [-0.2, -0.15) is 5.26 Å². The maximum atomic E-state index is 12.8. The second kappa shape index (κ2) is 6.80. The Kier molecular flexibility index (Phi) is 4.70. The van der Waals surface area contributed by atoms with Gasteiger partial charge in [-0.15, -0.1) is 24.9 Å². The molecule has 134 valence electrons. The number of carbonyl (C=O) groups excluding carboxylic acids is 1. The van der Waals surface area contributed by atoms with Crippen molar-refractivity contribution in [1.29, 1.82) is 5.26 Å². The zero-order chi connectivity index (χ0) is 18.9. The molecule has 1 aliphatic rings. The van der Waals surface area contributed by atoms with Gasteiger partial charge in [0.05, 0.1) is 24.2 Å². The number of rotatable bonds is 3. The third-order valence-electron chi connectivity index (χ3n) is 3.60. The van der Waals surface area contributed by atoms with Crippen molar-refractivity contribution in [3.05, 3.63) is 47.5 Å². The summed E-state index contributed by atoms with van der Waals surface area (Å²) in [6.45, 7) is 0. The Morgan fingerprint density at radius 1 is 1.31 bits per heavy atom. The van der Waals surface area contributed by atoms with Crippen LogP contribution in [0, 0.1) is 11.3 Å². The summed E-state index contributed by atoms with van der Waals surface area (Å²) in [5.74, 6) is -1.32. The number of para-hydroxylation sites is 1. The van der Waals surface area contributed by atoms with Crippen LogP contribution in [0.5, 0.6) is 11.5 Å². The number of fused-ring (bicyclic) bond motifs is 1. The van der Waals surface area contributed by atoms with E-state index in [1.807, 2.05) is 12.1 Å². The normalized spacial score (nSPS) is 13.1. The number of benzene rings is 2. The number of halogens is 3. The molecule has 1 amide bonds. The van der Waals surface area contributed by atoms with E-state index in [-0.39, 0.29) is 16.9 Å². The second-order valence-corrected chi connectivity index (χ2v) is 6.18. The van der Waals surface area contributed by atoms with Crippen molar-refractivity contribution in [2.75, 3.05) is 17.9 Å². The summed E-state index contributed by atoms with van der Waals surface area (Å²) < 4.78 is 46.8. The number of nitrogens with zero attached hydrogens (tertiary/aromatic N) is 2. The highest BCUT2D eigenvalue weighted by atomic mass is 32.2. The first kappa shape index (κ1) is 17.9. The van der Waals surface area contributed by atoms with E-state index in [9.17, 15) is 23.2 Å². The fraction of sp³-hybridized carbons (Fsp3) is 0.176. The van der Waals surface area contributed by atoms with Crippen molar-refractivity contribution < 1.29 is 27.4 Å². The van der Waals surface area contributed by atoms with E-state index in [0.29, 0.717) is 11.6 Å². The minimum atomic E-state index is -4.99. The number of thioether (sulfide) groups is 1. The van der Waals surface area contributed by atoms with Crippen molar-refractivity contribution >= 4 is 23.4 Å². The zero-order valence-corrected chi connectivity index (χ0v) is 14.1. The summed E-state index contributed by atoms with van der Waals surface area (Å²) in [5.41, 5.74) is 0.340. The average Bonchev–Trinajstić information content (AvgIpc) is 3.03. The first-order valence-corrected chi connectivity index (χ1v) is 8.24. The van der Waals surface area contributed by atoms with E-state index in [4.69, 9.17) is 4.74 Å². The minimum absolute atomic E-state index is 0.0982. The quantitative estimate of drug-likeness (QED) is 0.800. The highest BCUT2D eigenvalue weighted by Gasteiger charge is 2.34. The van der Waals surface area contributed by atoms with Gasteiger partial charge < -0.3 is 9.47 Å². The molecule has 0 spiro atoms. The van der Waals surface area contributed by atoms with Crippen molar-refractivity contribution in [3.8, 4) is 17.6 Å². The molecule has 2 aromatic carbocycles. The monoisotopic (exact) mass is 380 g/mol. The molecule has 0 saturated heterocycles. The molecule has 2 aromatic rings. The molecule has 5 nitrogen and oxygen atoms in total. The van der Waals surface area contributed by atoms with E-state index in [0.717, 1.165) is 18.1 Å². The molecule has 0 bridgehead atoms. The van der Waals surface area contributed by atoms with Crippen LogP contribution >= 0.6 is 11.8 Å². The summed E-state index contributed by atoms with van der Waals surface area (Å²) in [4.78, 5) is 15.1. The zero-order valence-electron chi connectivity index (χ0n) is 13.3.